The molecule has 4 nitrogen and oxygen atoms in total. The predicted octanol–water partition coefficient (Wildman–Crippen LogP) is 3.32. The van der Waals surface area contributed by atoms with E-state index >= 15 is 0 Å². The van der Waals surface area contributed by atoms with E-state index < -0.39 is 0 Å². The van der Waals surface area contributed by atoms with Crippen molar-refractivity contribution in [1.82, 2.24) is 0 Å². The van der Waals surface area contributed by atoms with Crippen LogP contribution in [0.4, 0.5) is 5.69 Å². The number of benzodiazepines with no additional fused rings is 1. The summed E-state index contributed by atoms with van der Waals surface area (Å²) < 4.78 is 0. The molecule has 0 bridgehead atoms. The SMILES string of the molecule is CC(=O)N1C(=O)CN=Cc2c1ccc(Cl)c2-c1ccccc1. The second-order valence-electron chi connectivity index (χ2n) is 4.94. The first-order valence-corrected chi connectivity index (χ1v) is 7.18. The predicted molar refractivity (Wildman–Crippen MR) is 87.5 cm³/mol. The number of carbonyl (C=O) groups is 2. The van der Waals surface area contributed by atoms with Crippen LogP contribution < -0.4 is 4.90 Å². The third-order valence-corrected chi connectivity index (χ3v) is 3.80. The fraction of sp³-hybridized carbons (Fsp3) is 0.118. The highest BCUT2D eigenvalue weighted by atomic mass is 35.5. The summed E-state index contributed by atoms with van der Waals surface area (Å²) in [5.41, 5.74) is 2.87. The van der Waals surface area contributed by atoms with Crippen molar-refractivity contribution in [1.29, 1.82) is 0 Å². The minimum Gasteiger partial charge on any atom is -0.282 e. The van der Waals surface area contributed by atoms with Crippen LogP contribution >= 0.6 is 11.6 Å². The molecule has 0 radical (unpaired) electrons. The van der Waals surface area contributed by atoms with Gasteiger partial charge in [0.1, 0.15) is 6.54 Å². The topological polar surface area (TPSA) is 49.7 Å². The molecule has 0 saturated heterocycles. The second-order valence-corrected chi connectivity index (χ2v) is 5.35. The Balaban J connectivity index is 2.30. The molecule has 3 rings (SSSR count). The van der Waals surface area contributed by atoms with Gasteiger partial charge in [-0.15, -0.1) is 0 Å². The van der Waals surface area contributed by atoms with Gasteiger partial charge in [0.05, 0.1) is 5.69 Å². The molecule has 5 heteroatoms. The van der Waals surface area contributed by atoms with Crippen molar-refractivity contribution in [3.05, 3.63) is 53.1 Å². The zero-order valence-corrected chi connectivity index (χ0v) is 12.7. The van der Waals surface area contributed by atoms with E-state index in [1.54, 1.807) is 18.3 Å². The molecule has 2 aromatic carbocycles. The van der Waals surface area contributed by atoms with Gasteiger partial charge in [-0.25, -0.2) is 4.90 Å². The fourth-order valence-corrected chi connectivity index (χ4v) is 2.85. The number of amides is 2. The first-order valence-electron chi connectivity index (χ1n) is 6.81. The van der Waals surface area contributed by atoms with Crippen LogP contribution in [0, 0.1) is 0 Å². The average Bonchev–Trinajstić information content (AvgIpc) is 2.66. The van der Waals surface area contributed by atoms with Crippen molar-refractivity contribution < 1.29 is 9.59 Å². The summed E-state index contributed by atoms with van der Waals surface area (Å²) in [6.45, 7) is 1.31. The summed E-state index contributed by atoms with van der Waals surface area (Å²) in [7, 11) is 0. The molecular formula is C17H13ClN2O2. The smallest absolute Gasteiger partial charge is 0.255 e. The highest BCUT2D eigenvalue weighted by Crippen LogP contribution is 2.37. The van der Waals surface area contributed by atoms with Crippen molar-refractivity contribution in [2.75, 3.05) is 11.4 Å². The lowest BCUT2D eigenvalue weighted by atomic mass is 9.98. The van der Waals surface area contributed by atoms with Gasteiger partial charge < -0.3 is 0 Å². The number of rotatable bonds is 1. The van der Waals surface area contributed by atoms with Gasteiger partial charge in [0, 0.05) is 29.3 Å². The number of benzene rings is 2. The highest BCUT2D eigenvalue weighted by Gasteiger charge is 2.26. The van der Waals surface area contributed by atoms with Gasteiger partial charge in [-0.05, 0) is 17.7 Å². The lowest BCUT2D eigenvalue weighted by Gasteiger charge is -2.21. The molecule has 0 aromatic heterocycles. The van der Waals surface area contributed by atoms with Crippen molar-refractivity contribution in [2.45, 2.75) is 6.92 Å². The van der Waals surface area contributed by atoms with E-state index in [4.69, 9.17) is 11.6 Å². The Morgan fingerprint density at radius 1 is 1.18 bits per heavy atom. The molecule has 0 atom stereocenters. The number of fused-ring (bicyclic) bond motifs is 1. The van der Waals surface area contributed by atoms with E-state index in [1.807, 2.05) is 30.3 Å². The van der Waals surface area contributed by atoms with Crippen molar-refractivity contribution >= 4 is 35.3 Å². The summed E-state index contributed by atoms with van der Waals surface area (Å²) in [4.78, 5) is 29.3. The van der Waals surface area contributed by atoms with Gasteiger partial charge in [0.15, 0.2) is 0 Å². The van der Waals surface area contributed by atoms with Gasteiger partial charge >= 0.3 is 0 Å². The van der Waals surface area contributed by atoms with Crippen molar-refractivity contribution in [3.8, 4) is 11.1 Å². The Morgan fingerprint density at radius 2 is 1.91 bits per heavy atom. The van der Waals surface area contributed by atoms with Gasteiger partial charge in [-0.3, -0.25) is 14.6 Å². The Hall–Kier alpha value is -2.46. The first kappa shape index (κ1) is 14.5. The summed E-state index contributed by atoms with van der Waals surface area (Å²) in [5.74, 6) is -0.679. The Labute approximate surface area is 133 Å². The first-order chi connectivity index (χ1) is 10.6. The molecule has 1 aliphatic heterocycles. The molecular weight excluding hydrogens is 300 g/mol. The number of hydrogen-bond acceptors (Lipinski definition) is 3. The van der Waals surface area contributed by atoms with Gasteiger partial charge in [0.25, 0.3) is 5.91 Å². The van der Waals surface area contributed by atoms with E-state index in [2.05, 4.69) is 4.99 Å². The lowest BCUT2D eigenvalue weighted by Crippen LogP contribution is -2.36. The monoisotopic (exact) mass is 312 g/mol. The zero-order valence-electron chi connectivity index (χ0n) is 11.9. The van der Waals surface area contributed by atoms with Crippen LogP contribution in [0.5, 0.6) is 0 Å². The van der Waals surface area contributed by atoms with E-state index in [-0.39, 0.29) is 18.4 Å². The number of halogens is 1. The van der Waals surface area contributed by atoms with Crippen LogP contribution in [-0.4, -0.2) is 24.6 Å². The summed E-state index contributed by atoms with van der Waals surface area (Å²) in [5, 5.41) is 0.550. The molecule has 1 heterocycles. The Morgan fingerprint density at radius 3 is 2.59 bits per heavy atom. The number of hydrogen-bond donors (Lipinski definition) is 0. The van der Waals surface area contributed by atoms with Crippen molar-refractivity contribution in [3.63, 3.8) is 0 Å². The molecule has 0 N–H and O–H groups in total. The molecule has 0 spiro atoms. The molecule has 1 aliphatic rings. The Bertz CT molecular complexity index is 785. The van der Waals surface area contributed by atoms with Gasteiger partial charge in [-0.2, -0.15) is 0 Å². The minimum absolute atomic E-state index is 0.0554. The van der Waals surface area contributed by atoms with Crippen LogP contribution in [0.25, 0.3) is 11.1 Å². The van der Waals surface area contributed by atoms with E-state index in [0.29, 0.717) is 16.3 Å². The van der Waals surface area contributed by atoms with Crippen molar-refractivity contribution in [2.24, 2.45) is 4.99 Å². The van der Waals surface area contributed by atoms with Gasteiger partial charge in [-0.1, -0.05) is 41.9 Å². The lowest BCUT2D eigenvalue weighted by molar-refractivity contribution is -0.124. The normalized spacial score (nSPS) is 13.7. The summed E-state index contributed by atoms with van der Waals surface area (Å²) >= 11 is 6.36. The largest absolute Gasteiger partial charge is 0.282 e. The van der Waals surface area contributed by atoms with E-state index in [0.717, 1.165) is 16.0 Å². The third kappa shape index (κ3) is 2.42. The number of imide groups is 1. The molecule has 22 heavy (non-hydrogen) atoms. The number of aliphatic imine (C=N–C) groups is 1. The van der Waals surface area contributed by atoms with Crippen LogP contribution in [0.3, 0.4) is 0 Å². The fourth-order valence-electron chi connectivity index (χ4n) is 2.57. The maximum Gasteiger partial charge on any atom is 0.255 e. The van der Waals surface area contributed by atoms with Crippen LogP contribution in [0.15, 0.2) is 47.5 Å². The van der Waals surface area contributed by atoms with Crippen LogP contribution in [0.1, 0.15) is 12.5 Å². The number of carbonyl (C=O) groups excluding carboxylic acids is 2. The quantitative estimate of drug-likeness (QED) is 0.811. The molecule has 0 fully saturated rings. The summed E-state index contributed by atoms with van der Waals surface area (Å²) in [6, 6.07) is 13.0. The molecule has 2 amide bonds. The van der Waals surface area contributed by atoms with Crippen LogP contribution in [-0.2, 0) is 9.59 Å². The minimum atomic E-state index is -0.344. The standard InChI is InChI=1S/C17H13ClN2O2/c1-11(21)20-15-8-7-14(18)17(12-5-3-2-4-6-12)13(15)9-19-10-16(20)22/h2-9H,10H2,1H3. The van der Waals surface area contributed by atoms with Crippen LogP contribution in [0.2, 0.25) is 5.02 Å². The Kier molecular flexibility index (Phi) is 3.77. The van der Waals surface area contributed by atoms with E-state index in [9.17, 15) is 9.59 Å². The maximum atomic E-state index is 12.1. The highest BCUT2D eigenvalue weighted by molar-refractivity contribution is 6.35. The second kappa shape index (κ2) is 5.73. The molecule has 0 saturated carbocycles. The molecule has 2 aromatic rings. The van der Waals surface area contributed by atoms with E-state index in [1.165, 1.54) is 6.92 Å². The third-order valence-electron chi connectivity index (χ3n) is 3.49. The van der Waals surface area contributed by atoms with Gasteiger partial charge in [0.2, 0.25) is 5.91 Å². The zero-order chi connectivity index (χ0) is 15.7. The number of nitrogens with zero attached hydrogens (tertiary/aromatic N) is 2. The number of anilines is 1. The average molecular weight is 313 g/mol. The summed E-state index contributed by atoms with van der Waals surface area (Å²) in [6.07, 6.45) is 1.62. The maximum absolute atomic E-state index is 12.1. The molecule has 0 aliphatic carbocycles. The molecule has 0 unspecified atom stereocenters. The molecule has 110 valence electrons.